The Labute approximate surface area is 122 Å². The minimum atomic E-state index is 0.574. The van der Waals surface area contributed by atoms with Crippen LogP contribution in [-0.4, -0.2) is 42.1 Å². The van der Waals surface area contributed by atoms with Gasteiger partial charge in [0.15, 0.2) is 0 Å². The maximum absolute atomic E-state index is 5.68. The Balaban J connectivity index is 1.67. The van der Waals surface area contributed by atoms with Crippen molar-refractivity contribution in [2.75, 3.05) is 31.1 Å². The van der Waals surface area contributed by atoms with Gasteiger partial charge in [-0.05, 0) is 56.5 Å². The molecule has 2 fully saturated rings. The first kappa shape index (κ1) is 13.8. The highest BCUT2D eigenvalue weighted by molar-refractivity contribution is 5.48. The minimum Gasteiger partial charge on any atom is -0.355 e. The van der Waals surface area contributed by atoms with Crippen LogP contribution >= 0.6 is 0 Å². The number of hydrogen-bond donors (Lipinski definition) is 1. The van der Waals surface area contributed by atoms with Gasteiger partial charge in [-0.2, -0.15) is 0 Å². The molecule has 0 saturated carbocycles. The van der Waals surface area contributed by atoms with Crippen molar-refractivity contribution in [3.8, 4) is 0 Å². The maximum Gasteiger partial charge on any atom is 0.131 e. The summed E-state index contributed by atoms with van der Waals surface area (Å²) in [6.07, 6.45) is 7.36. The van der Waals surface area contributed by atoms with Crippen molar-refractivity contribution in [2.24, 2.45) is 5.73 Å². The summed E-state index contributed by atoms with van der Waals surface area (Å²) >= 11 is 0. The van der Waals surface area contributed by atoms with Crippen LogP contribution in [0.2, 0.25) is 0 Å². The topological polar surface area (TPSA) is 45.4 Å². The fourth-order valence-corrected chi connectivity index (χ4v) is 3.58. The van der Waals surface area contributed by atoms with Gasteiger partial charge in [-0.1, -0.05) is 6.42 Å². The first-order chi connectivity index (χ1) is 9.78. The molecule has 110 valence electrons. The molecule has 0 bridgehead atoms. The van der Waals surface area contributed by atoms with Gasteiger partial charge in [-0.25, -0.2) is 4.98 Å². The van der Waals surface area contributed by atoms with Gasteiger partial charge in [0.25, 0.3) is 0 Å². The lowest BCUT2D eigenvalue weighted by Crippen LogP contribution is -2.41. The highest BCUT2D eigenvalue weighted by atomic mass is 15.3. The Kier molecular flexibility index (Phi) is 4.22. The van der Waals surface area contributed by atoms with Gasteiger partial charge in [0.1, 0.15) is 5.82 Å². The van der Waals surface area contributed by atoms with Gasteiger partial charge in [-0.3, -0.25) is 4.90 Å². The normalized spacial score (nSPS) is 24.3. The smallest absolute Gasteiger partial charge is 0.131 e. The lowest BCUT2D eigenvalue weighted by molar-refractivity contribution is 0.175. The number of likely N-dealkylation sites (tertiary alicyclic amines) is 1. The van der Waals surface area contributed by atoms with Crippen molar-refractivity contribution in [1.29, 1.82) is 0 Å². The Morgan fingerprint density at radius 1 is 1.25 bits per heavy atom. The standard InChI is InChI=1S/C16H26N4/c1-13-9-14(10-17)11-18-16(13)20-8-5-15(12-20)19-6-3-2-4-7-19/h9,11,15H,2-8,10,12,17H2,1H3. The molecule has 1 unspecified atom stereocenters. The molecule has 0 aliphatic carbocycles. The molecule has 4 heteroatoms. The quantitative estimate of drug-likeness (QED) is 0.914. The molecule has 1 aromatic heterocycles. The minimum absolute atomic E-state index is 0.574. The number of pyridine rings is 1. The molecule has 3 heterocycles. The van der Waals surface area contributed by atoms with Gasteiger partial charge >= 0.3 is 0 Å². The molecule has 20 heavy (non-hydrogen) atoms. The average Bonchev–Trinajstić information content (AvgIpc) is 2.97. The number of aromatic nitrogens is 1. The summed E-state index contributed by atoms with van der Waals surface area (Å²) in [5.74, 6) is 1.15. The second kappa shape index (κ2) is 6.10. The number of nitrogens with zero attached hydrogens (tertiary/aromatic N) is 3. The highest BCUT2D eigenvalue weighted by Crippen LogP contribution is 2.26. The van der Waals surface area contributed by atoms with Crippen LogP contribution in [0.3, 0.4) is 0 Å². The van der Waals surface area contributed by atoms with Crippen LogP contribution in [0.5, 0.6) is 0 Å². The van der Waals surface area contributed by atoms with E-state index >= 15 is 0 Å². The highest BCUT2D eigenvalue weighted by Gasteiger charge is 2.29. The van der Waals surface area contributed by atoms with Gasteiger partial charge in [-0.15, -0.1) is 0 Å². The van der Waals surface area contributed by atoms with Crippen molar-refractivity contribution in [3.05, 3.63) is 23.4 Å². The molecule has 1 atom stereocenters. The van der Waals surface area contributed by atoms with E-state index in [4.69, 9.17) is 5.73 Å². The average molecular weight is 274 g/mol. The van der Waals surface area contributed by atoms with Gasteiger partial charge < -0.3 is 10.6 Å². The van der Waals surface area contributed by atoms with Crippen LogP contribution < -0.4 is 10.6 Å². The number of nitrogens with two attached hydrogens (primary N) is 1. The molecule has 0 spiro atoms. The number of piperidine rings is 1. The third-order valence-electron chi connectivity index (χ3n) is 4.71. The molecule has 2 saturated heterocycles. The summed E-state index contributed by atoms with van der Waals surface area (Å²) in [6, 6.07) is 2.90. The first-order valence-electron chi connectivity index (χ1n) is 7.92. The summed E-state index contributed by atoms with van der Waals surface area (Å²) < 4.78 is 0. The van der Waals surface area contributed by atoms with E-state index in [9.17, 15) is 0 Å². The molecule has 3 rings (SSSR count). The molecular weight excluding hydrogens is 248 g/mol. The summed E-state index contributed by atoms with van der Waals surface area (Å²) in [5.41, 5.74) is 8.06. The maximum atomic E-state index is 5.68. The summed E-state index contributed by atoms with van der Waals surface area (Å²) in [6.45, 7) is 7.57. The molecule has 0 amide bonds. The van der Waals surface area contributed by atoms with Gasteiger partial charge in [0.2, 0.25) is 0 Å². The lowest BCUT2D eigenvalue weighted by atomic mass is 10.1. The predicted octanol–water partition coefficient (Wildman–Crippen LogP) is 1.91. The zero-order chi connectivity index (χ0) is 13.9. The Morgan fingerprint density at radius 2 is 2.05 bits per heavy atom. The Morgan fingerprint density at radius 3 is 2.75 bits per heavy atom. The molecule has 1 aromatic rings. The summed E-state index contributed by atoms with van der Waals surface area (Å²) in [7, 11) is 0. The Bertz CT molecular complexity index is 454. The predicted molar refractivity (Wildman–Crippen MR) is 82.9 cm³/mol. The number of aryl methyl sites for hydroxylation is 1. The third-order valence-corrected chi connectivity index (χ3v) is 4.71. The van der Waals surface area contributed by atoms with E-state index in [1.807, 2.05) is 6.20 Å². The second-order valence-corrected chi connectivity index (χ2v) is 6.17. The zero-order valence-corrected chi connectivity index (χ0v) is 12.5. The monoisotopic (exact) mass is 274 g/mol. The molecule has 0 radical (unpaired) electrons. The summed E-state index contributed by atoms with van der Waals surface area (Å²) in [5, 5.41) is 0. The third kappa shape index (κ3) is 2.81. The van der Waals surface area contributed by atoms with Crippen molar-refractivity contribution in [1.82, 2.24) is 9.88 Å². The van der Waals surface area contributed by atoms with E-state index < -0.39 is 0 Å². The first-order valence-corrected chi connectivity index (χ1v) is 7.92. The molecular formula is C16H26N4. The van der Waals surface area contributed by atoms with Gasteiger partial charge in [0.05, 0.1) is 0 Å². The fraction of sp³-hybridized carbons (Fsp3) is 0.688. The SMILES string of the molecule is Cc1cc(CN)cnc1N1CCC(N2CCCCC2)C1. The summed E-state index contributed by atoms with van der Waals surface area (Å²) in [4.78, 5) is 9.78. The second-order valence-electron chi connectivity index (χ2n) is 6.17. The molecule has 2 aliphatic heterocycles. The van der Waals surface area contributed by atoms with Crippen LogP contribution in [0.25, 0.3) is 0 Å². The Hall–Kier alpha value is -1.13. The van der Waals surface area contributed by atoms with Crippen LogP contribution in [0, 0.1) is 6.92 Å². The van der Waals surface area contributed by atoms with Crippen LogP contribution in [-0.2, 0) is 6.54 Å². The number of rotatable bonds is 3. The van der Waals surface area contributed by atoms with Crippen LogP contribution in [0.4, 0.5) is 5.82 Å². The van der Waals surface area contributed by atoms with Crippen molar-refractivity contribution in [2.45, 2.75) is 45.2 Å². The molecule has 0 aromatic carbocycles. The van der Waals surface area contributed by atoms with Crippen molar-refractivity contribution >= 4 is 5.82 Å². The van der Waals surface area contributed by atoms with Crippen molar-refractivity contribution < 1.29 is 0 Å². The molecule has 4 nitrogen and oxygen atoms in total. The fourth-order valence-electron chi connectivity index (χ4n) is 3.58. The van der Waals surface area contributed by atoms with E-state index in [1.165, 1.54) is 44.3 Å². The van der Waals surface area contributed by atoms with E-state index in [0.717, 1.165) is 30.5 Å². The lowest BCUT2D eigenvalue weighted by Gasteiger charge is -2.32. The number of anilines is 1. The van der Waals surface area contributed by atoms with Crippen LogP contribution in [0.15, 0.2) is 12.3 Å². The van der Waals surface area contributed by atoms with E-state index in [1.54, 1.807) is 0 Å². The van der Waals surface area contributed by atoms with Gasteiger partial charge in [0, 0.05) is 31.9 Å². The molecule has 2 aliphatic rings. The largest absolute Gasteiger partial charge is 0.355 e. The van der Waals surface area contributed by atoms with Crippen LogP contribution in [0.1, 0.15) is 36.8 Å². The van der Waals surface area contributed by atoms with E-state index in [-0.39, 0.29) is 0 Å². The van der Waals surface area contributed by atoms with E-state index in [2.05, 4.69) is 27.8 Å². The van der Waals surface area contributed by atoms with Crippen molar-refractivity contribution in [3.63, 3.8) is 0 Å². The number of hydrogen-bond acceptors (Lipinski definition) is 4. The zero-order valence-electron chi connectivity index (χ0n) is 12.5. The van der Waals surface area contributed by atoms with E-state index in [0.29, 0.717) is 6.54 Å². The molecule has 2 N–H and O–H groups in total.